The standard InChI is InChI=1S/C14H15NO4/c1-18-13-6-10(8-16)2-4-12(13)19-14-5-3-11(9-17)7-15-14/h2-7,16-17H,8-9H2,1H3. The summed E-state index contributed by atoms with van der Waals surface area (Å²) >= 11 is 0. The van der Waals surface area contributed by atoms with Crippen LogP contribution in [-0.4, -0.2) is 22.3 Å². The van der Waals surface area contributed by atoms with Crippen molar-refractivity contribution in [2.24, 2.45) is 0 Å². The molecule has 1 aromatic heterocycles. The normalized spacial score (nSPS) is 10.3. The summed E-state index contributed by atoms with van der Waals surface area (Å²) < 4.78 is 10.8. The molecule has 0 saturated heterocycles. The molecule has 0 unspecified atom stereocenters. The van der Waals surface area contributed by atoms with Crippen LogP contribution in [0.2, 0.25) is 0 Å². The molecule has 0 aliphatic rings. The third-order valence-electron chi connectivity index (χ3n) is 2.61. The lowest BCUT2D eigenvalue weighted by Gasteiger charge is -2.10. The van der Waals surface area contributed by atoms with Crippen LogP contribution in [0, 0.1) is 0 Å². The van der Waals surface area contributed by atoms with Crippen molar-refractivity contribution < 1.29 is 19.7 Å². The van der Waals surface area contributed by atoms with Crippen molar-refractivity contribution in [2.45, 2.75) is 13.2 Å². The molecule has 5 nitrogen and oxygen atoms in total. The highest BCUT2D eigenvalue weighted by Crippen LogP contribution is 2.31. The zero-order valence-electron chi connectivity index (χ0n) is 10.5. The van der Waals surface area contributed by atoms with E-state index in [1.165, 1.54) is 7.11 Å². The zero-order valence-corrected chi connectivity index (χ0v) is 10.5. The monoisotopic (exact) mass is 261 g/mol. The van der Waals surface area contributed by atoms with Crippen molar-refractivity contribution in [1.82, 2.24) is 4.98 Å². The summed E-state index contributed by atoms with van der Waals surface area (Å²) in [7, 11) is 1.53. The van der Waals surface area contributed by atoms with Crippen molar-refractivity contribution in [3.05, 3.63) is 47.7 Å². The van der Waals surface area contributed by atoms with Crippen molar-refractivity contribution in [2.75, 3.05) is 7.11 Å². The first-order valence-corrected chi connectivity index (χ1v) is 5.78. The molecule has 0 bridgehead atoms. The summed E-state index contributed by atoms with van der Waals surface area (Å²) in [6.45, 7) is -0.109. The predicted molar refractivity (Wildman–Crippen MR) is 69.2 cm³/mol. The molecule has 5 heteroatoms. The van der Waals surface area contributed by atoms with Gasteiger partial charge in [0.2, 0.25) is 5.88 Å². The smallest absolute Gasteiger partial charge is 0.219 e. The first-order chi connectivity index (χ1) is 9.26. The molecule has 0 atom stereocenters. The Balaban J connectivity index is 2.21. The van der Waals surface area contributed by atoms with Gasteiger partial charge >= 0.3 is 0 Å². The summed E-state index contributed by atoms with van der Waals surface area (Å²) in [6, 6.07) is 8.57. The molecule has 2 N–H and O–H groups in total. The fourth-order valence-corrected chi connectivity index (χ4v) is 1.57. The van der Waals surface area contributed by atoms with Gasteiger partial charge in [0.25, 0.3) is 0 Å². The number of rotatable bonds is 5. The number of aliphatic hydroxyl groups is 2. The SMILES string of the molecule is COc1cc(CO)ccc1Oc1ccc(CO)cn1. The lowest BCUT2D eigenvalue weighted by atomic mass is 10.2. The Morgan fingerprint density at radius 2 is 1.74 bits per heavy atom. The van der Waals surface area contributed by atoms with E-state index >= 15 is 0 Å². The highest BCUT2D eigenvalue weighted by atomic mass is 16.5. The second kappa shape index (κ2) is 6.17. The maximum absolute atomic E-state index is 9.06. The third kappa shape index (κ3) is 3.21. The van der Waals surface area contributed by atoms with E-state index in [4.69, 9.17) is 19.7 Å². The first kappa shape index (κ1) is 13.3. The molecule has 19 heavy (non-hydrogen) atoms. The highest BCUT2D eigenvalue weighted by Gasteiger charge is 2.07. The Bertz CT molecular complexity index is 540. The van der Waals surface area contributed by atoms with Crippen LogP contribution < -0.4 is 9.47 Å². The van der Waals surface area contributed by atoms with E-state index in [1.807, 2.05) is 0 Å². The van der Waals surface area contributed by atoms with Gasteiger partial charge in [-0.3, -0.25) is 0 Å². The number of benzene rings is 1. The van der Waals surface area contributed by atoms with Gasteiger partial charge in [0, 0.05) is 12.3 Å². The molecule has 1 aromatic carbocycles. The second-order valence-electron chi connectivity index (χ2n) is 3.91. The molecule has 1 heterocycles. The van der Waals surface area contributed by atoms with Crippen LogP contribution in [0.5, 0.6) is 17.4 Å². The molecule has 0 amide bonds. The number of ether oxygens (including phenoxy) is 2. The summed E-state index contributed by atoms with van der Waals surface area (Å²) in [5.41, 5.74) is 1.46. The van der Waals surface area contributed by atoms with Gasteiger partial charge in [-0.15, -0.1) is 0 Å². The number of aliphatic hydroxyl groups excluding tert-OH is 2. The highest BCUT2D eigenvalue weighted by molar-refractivity contribution is 5.44. The number of methoxy groups -OCH3 is 1. The average molecular weight is 261 g/mol. The number of nitrogens with zero attached hydrogens (tertiary/aromatic N) is 1. The fourth-order valence-electron chi connectivity index (χ4n) is 1.57. The molecule has 100 valence electrons. The number of hydrogen-bond donors (Lipinski definition) is 2. The van der Waals surface area contributed by atoms with E-state index < -0.39 is 0 Å². The maximum Gasteiger partial charge on any atom is 0.219 e. The quantitative estimate of drug-likeness (QED) is 0.859. The van der Waals surface area contributed by atoms with E-state index in [-0.39, 0.29) is 13.2 Å². The number of aromatic nitrogens is 1. The molecule has 0 aliphatic heterocycles. The number of hydrogen-bond acceptors (Lipinski definition) is 5. The molecule has 0 spiro atoms. The molecule has 0 fully saturated rings. The predicted octanol–water partition coefficient (Wildman–Crippen LogP) is 1.87. The second-order valence-corrected chi connectivity index (χ2v) is 3.91. The van der Waals surface area contributed by atoms with E-state index in [9.17, 15) is 0 Å². The molecule has 2 rings (SSSR count). The largest absolute Gasteiger partial charge is 0.493 e. The topological polar surface area (TPSA) is 71.8 Å². The molecule has 2 aromatic rings. The van der Waals surface area contributed by atoms with Gasteiger partial charge < -0.3 is 19.7 Å². The van der Waals surface area contributed by atoms with Crippen LogP contribution in [0.25, 0.3) is 0 Å². The van der Waals surface area contributed by atoms with Crippen LogP contribution in [0.3, 0.4) is 0 Å². The Hall–Kier alpha value is -2.11. The minimum Gasteiger partial charge on any atom is -0.493 e. The van der Waals surface area contributed by atoms with E-state index in [2.05, 4.69) is 4.98 Å². The fraction of sp³-hybridized carbons (Fsp3) is 0.214. The van der Waals surface area contributed by atoms with Crippen LogP contribution >= 0.6 is 0 Å². The van der Waals surface area contributed by atoms with E-state index in [0.717, 1.165) is 11.1 Å². The minimum atomic E-state index is -0.0555. The summed E-state index contributed by atoms with van der Waals surface area (Å²) in [5.74, 6) is 1.45. The van der Waals surface area contributed by atoms with Crippen LogP contribution in [0.4, 0.5) is 0 Å². The third-order valence-corrected chi connectivity index (χ3v) is 2.61. The van der Waals surface area contributed by atoms with Crippen LogP contribution in [0.1, 0.15) is 11.1 Å². The summed E-state index contributed by atoms with van der Waals surface area (Å²) in [5, 5.41) is 18.0. The average Bonchev–Trinajstić information content (AvgIpc) is 2.48. The Morgan fingerprint density at radius 3 is 2.32 bits per heavy atom. The van der Waals surface area contributed by atoms with Gasteiger partial charge in [-0.05, 0) is 29.3 Å². The van der Waals surface area contributed by atoms with Gasteiger partial charge in [0.15, 0.2) is 11.5 Å². The summed E-state index contributed by atoms with van der Waals surface area (Å²) in [6.07, 6.45) is 1.55. The molecule has 0 radical (unpaired) electrons. The molecular formula is C14H15NO4. The Kier molecular flexibility index (Phi) is 4.33. The van der Waals surface area contributed by atoms with Gasteiger partial charge in [0.1, 0.15) is 0 Å². The van der Waals surface area contributed by atoms with Gasteiger partial charge in [-0.2, -0.15) is 0 Å². The Morgan fingerprint density at radius 1 is 1.00 bits per heavy atom. The lowest BCUT2D eigenvalue weighted by molar-refractivity contribution is 0.280. The Labute approximate surface area is 111 Å². The lowest BCUT2D eigenvalue weighted by Crippen LogP contribution is -1.94. The molecule has 0 saturated carbocycles. The van der Waals surface area contributed by atoms with Gasteiger partial charge in [-0.1, -0.05) is 6.07 Å². The number of pyridine rings is 1. The molecule has 0 aliphatic carbocycles. The van der Waals surface area contributed by atoms with Crippen LogP contribution in [0.15, 0.2) is 36.5 Å². The minimum absolute atomic E-state index is 0.0538. The van der Waals surface area contributed by atoms with Crippen molar-refractivity contribution in [1.29, 1.82) is 0 Å². The van der Waals surface area contributed by atoms with Crippen LogP contribution in [-0.2, 0) is 13.2 Å². The van der Waals surface area contributed by atoms with Gasteiger partial charge in [-0.25, -0.2) is 4.98 Å². The van der Waals surface area contributed by atoms with Crippen molar-refractivity contribution >= 4 is 0 Å². The summed E-state index contributed by atoms with van der Waals surface area (Å²) in [4.78, 5) is 4.08. The maximum atomic E-state index is 9.06. The van der Waals surface area contributed by atoms with E-state index in [0.29, 0.717) is 17.4 Å². The zero-order chi connectivity index (χ0) is 13.7. The van der Waals surface area contributed by atoms with E-state index in [1.54, 1.807) is 36.5 Å². The van der Waals surface area contributed by atoms with Gasteiger partial charge in [0.05, 0.1) is 20.3 Å². The molecular weight excluding hydrogens is 246 g/mol. The van der Waals surface area contributed by atoms with Crippen molar-refractivity contribution in [3.63, 3.8) is 0 Å². The van der Waals surface area contributed by atoms with Crippen molar-refractivity contribution in [3.8, 4) is 17.4 Å². The first-order valence-electron chi connectivity index (χ1n) is 5.78.